The monoisotopic (exact) mass is 255 g/mol. The zero-order chi connectivity index (χ0) is 14.1. The van der Waals surface area contributed by atoms with E-state index in [9.17, 15) is 4.79 Å². The summed E-state index contributed by atoms with van der Waals surface area (Å²) in [6.45, 7) is 11.5. The minimum Gasteiger partial charge on any atom is -0.324 e. The van der Waals surface area contributed by atoms with Crippen molar-refractivity contribution in [3.05, 3.63) is 0 Å². The Labute approximate surface area is 112 Å². The van der Waals surface area contributed by atoms with Crippen LogP contribution in [0.4, 0.5) is 0 Å². The summed E-state index contributed by atoms with van der Waals surface area (Å²) < 4.78 is 0. The molecule has 0 aromatic heterocycles. The summed E-state index contributed by atoms with van der Waals surface area (Å²) in [4.78, 5) is 16.7. The molecule has 1 heterocycles. The first-order valence-corrected chi connectivity index (χ1v) is 6.94. The Balaban J connectivity index is 2.83. The van der Waals surface area contributed by atoms with Gasteiger partial charge in [0.25, 0.3) is 0 Å². The third kappa shape index (κ3) is 3.04. The largest absolute Gasteiger partial charge is 0.324 e. The maximum absolute atomic E-state index is 12.5. The molecular weight excluding hydrogens is 226 g/mol. The van der Waals surface area contributed by atoms with E-state index < -0.39 is 0 Å². The summed E-state index contributed by atoms with van der Waals surface area (Å²) in [7, 11) is 4.13. The summed E-state index contributed by atoms with van der Waals surface area (Å²) in [5.41, 5.74) is -0.00334. The Kier molecular flexibility index (Phi) is 4.78. The Morgan fingerprint density at radius 2 is 1.94 bits per heavy atom. The molecule has 1 aliphatic heterocycles. The quantitative estimate of drug-likeness (QED) is 0.809. The van der Waals surface area contributed by atoms with Crippen molar-refractivity contribution in [2.45, 2.75) is 58.8 Å². The molecule has 2 atom stereocenters. The number of likely N-dealkylation sites (N-methyl/N-ethyl adjacent to an activating group) is 1. The molecule has 0 aromatic rings. The van der Waals surface area contributed by atoms with Crippen molar-refractivity contribution in [3.8, 4) is 0 Å². The van der Waals surface area contributed by atoms with Gasteiger partial charge in [-0.3, -0.25) is 10.1 Å². The van der Waals surface area contributed by atoms with E-state index in [1.54, 1.807) is 0 Å². The second kappa shape index (κ2) is 5.57. The van der Waals surface area contributed by atoms with Crippen LogP contribution >= 0.6 is 0 Å². The van der Waals surface area contributed by atoms with E-state index >= 15 is 0 Å². The average molecular weight is 255 g/mol. The molecule has 1 rings (SSSR count). The second-order valence-corrected chi connectivity index (χ2v) is 6.49. The SMILES string of the molecule is CCC1NC(C(C)C)C(=O)N1CC(C)(C)N(C)C. The van der Waals surface area contributed by atoms with Gasteiger partial charge in [0.2, 0.25) is 5.91 Å². The number of carbonyl (C=O) groups excluding carboxylic acids is 1. The van der Waals surface area contributed by atoms with Gasteiger partial charge in [-0.25, -0.2) is 0 Å². The summed E-state index contributed by atoms with van der Waals surface area (Å²) in [5.74, 6) is 0.603. The van der Waals surface area contributed by atoms with Crippen molar-refractivity contribution < 1.29 is 4.79 Å². The molecule has 0 aliphatic carbocycles. The third-order valence-corrected chi connectivity index (χ3v) is 4.12. The predicted molar refractivity (Wildman–Crippen MR) is 75.3 cm³/mol. The maximum atomic E-state index is 12.5. The van der Waals surface area contributed by atoms with E-state index in [1.165, 1.54) is 0 Å². The van der Waals surface area contributed by atoms with Crippen LogP contribution in [0.1, 0.15) is 41.0 Å². The molecule has 1 amide bonds. The van der Waals surface area contributed by atoms with Crippen LogP contribution in [-0.2, 0) is 4.79 Å². The number of nitrogens with one attached hydrogen (secondary N) is 1. The normalized spacial score (nSPS) is 25.6. The molecular formula is C14H29N3O. The van der Waals surface area contributed by atoms with Crippen molar-refractivity contribution in [1.29, 1.82) is 0 Å². The molecule has 1 aliphatic rings. The molecule has 1 N–H and O–H groups in total. The highest BCUT2D eigenvalue weighted by atomic mass is 16.2. The van der Waals surface area contributed by atoms with E-state index in [0.717, 1.165) is 13.0 Å². The molecule has 0 saturated carbocycles. The molecule has 106 valence electrons. The van der Waals surface area contributed by atoms with Crippen LogP contribution in [0.5, 0.6) is 0 Å². The maximum Gasteiger partial charge on any atom is 0.241 e. The van der Waals surface area contributed by atoms with Crippen LogP contribution in [0.25, 0.3) is 0 Å². The van der Waals surface area contributed by atoms with Gasteiger partial charge >= 0.3 is 0 Å². The molecule has 4 nitrogen and oxygen atoms in total. The lowest BCUT2D eigenvalue weighted by Crippen LogP contribution is -2.51. The molecule has 0 radical (unpaired) electrons. The van der Waals surface area contributed by atoms with E-state index in [4.69, 9.17) is 0 Å². The van der Waals surface area contributed by atoms with Crippen molar-refractivity contribution in [2.24, 2.45) is 5.92 Å². The zero-order valence-corrected chi connectivity index (χ0v) is 12.9. The van der Waals surface area contributed by atoms with Crippen molar-refractivity contribution in [1.82, 2.24) is 15.1 Å². The molecule has 1 saturated heterocycles. The van der Waals surface area contributed by atoms with Crippen LogP contribution < -0.4 is 5.32 Å². The fourth-order valence-corrected chi connectivity index (χ4v) is 2.26. The number of hydrogen-bond acceptors (Lipinski definition) is 3. The molecule has 0 aromatic carbocycles. The topological polar surface area (TPSA) is 35.6 Å². The minimum atomic E-state index is -0.0205. The van der Waals surface area contributed by atoms with Crippen LogP contribution in [0.15, 0.2) is 0 Å². The highest BCUT2D eigenvalue weighted by molar-refractivity contribution is 5.84. The van der Waals surface area contributed by atoms with Gasteiger partial charge in [-0.05, 0) is 40.3 Å². The smallest absolute Gasteiger partial charge is 0.241 e. The predicted octanol–water partition coefficient (Wildman–Crippen LogP) is 1.52. The number of nitrogens with zero attached hydrogens (tertiary/aromatic N) is 2. The summed E-state index contributed by atoms with van der Waals surface area (Å²) in [6, 6.07) is -0.0205. The van der Waals surface area contributed by atoms with Crippen molar-refractivity contribution >= 4 is 5.91 Å². The standard InChI is InChI=1S/C14H29N3O/c1-8-11-15-12(10(2)3)13(18)17(11)9-14(4,5)16(6)7/h10-12,15H,8-9H2,1-7H3. The van der Waals surface area contributed by atoms with Crippen LogP contribution in [0, 0.1) is 5.92 Å². The van der Waals surface area contributed by atoms with E-state index in [-0.39, 0.29) is 23.7 Å². The Hall–Kier alpha value is -0.610. The Bertz CT molecular complexity index is 299. The first-order chi connectivity index (χ1) is 8.20. The second-order valence-electron chi connectivity index (χ2n) is 6.49. The van der Waals surface area contributed by atoms with Crippen molar-refractivity contribution in [2.75, 3.05) is 20.6 Å². The molecule has 18 heavy (non-hydrogen) atoms. The fourth-order valence-electron chi connectivity index (χ4n) is 2.26. The molecule has 1 fully saturated rings. The third-order valence-electron chi connectivity index (χ3n) is 4.12. The van der Waals surface area contributed by atoms with Gasteiger partial charge in [-0.1, -0.05) is 20.8 Å². The average Bonchev–Trinajstić information content (AvgIpc) is 2.55. The lowest BCUT2D eigenvalue weighted by Gasteiger charge is -2.38. The summed E-state index contributed by atoms with van der Waals surface area (Å²) in [6.07, 6.45) is 1.14. The zero-order valence-electron chi connectivity index (χ0n) is 12.9. The number of carbonyl (C=O) groups is 1. The van der Waals surface area contributed by atoms with Gasteiger partial charge in [0.15, 0.2) is 0 Å². The van der Waals surface area contributed by atoms with E-state index in [0.29, 0.717) is 5.92 Å². The minimum absolute atomic E-state index is 0.00334. The number of amides is 1. The summed E-state index contributed by atoms with van der Waals surface area (Å²) in [5, 5.41) is 3.46. The van der Waals surface area contributed by atoms with E-state index in [1.807, 2.05) is 4.90 Å². The lowest BCUT2D eigenvalue weighted by molar-refractivity contribution is -0.132. The molecule has 2 unspecified atom stereocenters. The van der Waals surface area contributed by atoms with Gasteiger partial charge in [-0.15, -0.1) is 0 Å². The van der Waals surface area contributed by atoms with E-state index in [2.05, 4.69) is 58.9 Å². The Morgan fingerprint density at radius 1 is 1.39 bits per heavy atom. The van der Waals surface area contributed by atoms with Gasteiger partial charge < -0.3 is 9.80 Å². The number of hydrogen-bond donors (Lipinski definition) is 1. The van der Waals surface area contributed by atoms with Crippen molar-refractivity contribution in [3.63, 3.8) is 0 Å². The first-order valence-electron chi connectivity index (χ1n) is 6.94. The first kappa shape index (κ1) is 15.4. The highest BCUT2D eigenvalue weighted by Crippen LogP contribution is 2.22. The molecule has 0 bridgehead atoms. The number of rotatable bonds is 5. The fraction of sp³-hybridized carbons (Fsp3) is 0.929. The summed E-state index contributed by atoms with van der Waals surface area (Å²) >= 11 is 0. The van der Waals surface area contributed by atoms with Gasteiger partial charge in [0.05, 0.1) is 12.2 Å². The van der Waals surface area contributed by atoms with Gasteiger partial charge in [0, 0.05) is 12.1 Å². The van der Waals surface area contributed by atoms with Crippen LogP contribution in [0.3, 0.4) is 0 Å². The Morgan fingerprint density at radius 3 is 2.33 bits per heavy atom. The van der Waals surface area contributed by atoms with Crippen LogP contribution in [-0.4, -0.2) is 54.1 Å². The molecule has 4 heteroatoms. The molecule has 0 spiro atoms. The van der Waals surface area contributed by atoms with Crippen LogP contribution in [0.2, 0.25) is 0 Å². The highest BCUT2D eigenvalue weighted by Gasteiger charge is 2.41. The van der Waals surface area contributed by atoms with Gasteiger partial charge in [0.1, 0.15) is 0 Å². The van der Waals surface area contributed by atoms with Gasteiger partial charge in [-0.2, -0.15) is 0 Å². The lowest BCUT2D eigenvalue weighted by atomic mass is 10.0.